The maximum atomic E-state index is 12.4. The molecule has 1 aliphatic heterocycles. The van der Waals surface area contributed by atoms with Gasteiger partial charge in [0.15, 0.2) is 12.6 Å². The Labute approximate surface area is 161 Å². The van der Waals surface area contributed by atoms with Gasteiger partial charge in [-0.1, -0.05) is 6.07 Å². The summed E-state index contributed by atoms with van der Waals surface area (Å²) in [5.41, 5.74) is 0.464. The second-order valence-corrected chi connectivity index (χ2v) is 6.33. The number of aliphatic imine (C=N–C) groups is 1. The maximum absolute atomic E-state index is 12.4. The number of nitrogens with zero attached hydrogens (tertiary/aromatic N) is 3. The van der Waals surface area contributed by atoms with Crippen molar-refractivity contribution in [1.82, 2.24) is 15.2 Å². The Kier molecular flexibility index (Phi) is 7.89. The predicted octanol–water partition coefficient (Wildman–Crippen LogP) is 2.37. The number of ether oxygens (including phenoxy) is 2. The van der Waals surface area contributed by atoms with Crippen LogP contribution < -0.4 is 10.1 Å². The van der Waals surface area contributed by atoms with Crippen molar-refractivity contribution in [2.75, 3.05) is 33.4 Å². The maximum Gasteiger partial charge on any atom is 0.422 e. The van der Waals surface area contributed by atoms with Gasteiger partial charge in [0.05, 0.1) is 19.6 Å². The highest BCUT2D eigenvalue weighted by Gasteiger charge is 2.29. The number of guanidine groups is 1. The number of likely N-dealkylation sites (tertiary alicyclic amines) is 1. The molecular weight excluding hydrogens is 377 g/mol. The van der Waals surface area contributed by atoms with Gasteiger partial charge in [0.25, 0.3) is 0 Å². The van der Waals surface area contributed by atoms with Crippen molar-refractivity contribution in [2.24, 2.45) is 10.9 Å². The van der Waals surface area contributed by atoms with Gasteiger partial charge in [0, 0.05) is 31.4 Å². The average molecular weight is 402 g/mol. The van der Waals surface area contributed by atoms with E-state index in [0.717, 1.165) is 0 Å². The van der Waals surface area contributed by atoms with Crippen LogP contribution in [-0.4, -0.2) is 61.3 Å². The van der Waals surface area contributed by atoms with Crippen LogP contribution in [0.4, 0.5) is 13.2 Å². The number of hydrogen-bond acceptors (Lipinski definition) is 5. The summed E-state index contributed by atoms with van der Waals surface area (Å²) in [6, 6.07) is 3.26. The molecule has 0 unspecified atom stereocenters. The molecule has 1 aromatic heterocycles. The summed E-state index contributed by atoms with van der Waals surface area (Å²) >= 11 is 0. The summed E-state index contributed by atoms with van der Waals surface area (Å²) in [4.78, 5) is 22.1. The zero-order valence-corrected chi connectivity index (χ0v) is 16.0. The molecule has 7 nitrogen and oxygen atoms in total. The molecule has 0 spiro atoms. The van der Waals surface area contributed by atoms with Gasteiger partial charge < -0.3 is 19.7 Å². The molecule has 0 saturated carbocycles. The molecular formula is C18H25F3N4O3. The van der Waals surface area contributed by atoms with E-state index in [1.807, 2.05) is 11.8 Å². The van der Waals surface area contributed by atoms with E-state index in [4.69, 9.17) is 9.47 Å². The standard InChI is InChI=1S/C18H25F3N4O3/c1-3-22-17(25-9-6-13(7-10-25)16(26)27-2)24-11-14-5-4-8-23-15(14)28-12-18(19,20)21/h4-5,8,13H,3,6-7,9-12H2,1-2H3,(H,22,24). The minimum Gasteiger partial charge on any atom is -0.469 e. The second kappa shape index (κ2) is 10.1. The first-order valence-electron chi connectivity index (χ1n) is 9.08. The molecule has 0 atom stereocenters. The molecule has 28 heavy (non-hydrogen) atoms. The predicted molar refractivity (Wildman–Crippen MR) is 96.9 cm³/mol. The first-order chi connectivity index (χ1) is 13.3. The number of alkyl halides is 3. The molecule has 0 aromatic carbocycles. The highest BCUT2D eigenvalue weighted by Crippen LogP contribution is 2.21. The number of carbonyl (C=O) groups excluding carboxylic acids is 1. The van der Waals surface area contributed by atoms with Gasteiger partial charge in [-0.3, -0.25) is 4.79 Å². The lowest BCUT2D eigenvalue weighted by atomic mass is 9.97. The van der Waals surface area contributed by atoms with Gasteiger partial charge in [-0.15, -0.1) is 0 Å². The Balaban J connectivity index is 2.04. The first-order valence-corrected chi connectivity index (χ1v) is 9.08. The highest BCUT2D eigenvalue weighted by molar-refractivity contribution is 5.80. The Morgan fingerprint density at radius 3 is 2.71 bits per heavy atom. The van der Waals surface area contributed by atoms with Crippen LogP contribution in [0, 0.1) is 5.92 Å². The smallest absolute Gasteiger partial charge is 0.422 e. The van der Waals surface area contributed by atoms with Crippen LogP contribution in [0.15, 0.2) is 23.3 Å². The molecule has 0 bridgehead atoms. The van der Waals surface area contributed by atoms with Crippen LogP contribution in [0.25, 0.3) is 0 Å². The number of nitrogens with one attached hydrogen (secondary N) is 1. The van der Waals surface area contributed by atoms with Crippen molar-refractivity contribution in [3.05, 3.63) is 23.9 Å². The van der Waals surface area contributed by atoms with Gasteiger partial charge >= 0.3 is 12.1 Å². The third kappa shape index (κ3) is 6.58. The van der Waals surface area contributed by atoms with Crippen molar-refractivity contribution < 1.29 is 27.4 Å². The normalized spacial score (nSPS) is 16.0. The molecule has 1 saturated heterocycles. The SMILES string of the molecule is CCNC(=NCc1cccnc1OCC(F)(F)F)N1CCC(C(=O)OC)CC1. The van der Waals surface area contributed by atoms with Gasteiger partial charge in [-0.05, 0) is 25.8 Å². The number of methoxy groups -OCH3 is 1. The fraction of sp³-hybridized carbons (Fsp3) is 0.611. The Morgan fingerprint density at radius 2 is 2.11 bits per heavy atom. The van der Waals surface area contributed by atoms with Gasteiger partial charge in [-0.25, -0.2) is 9.98 Å². The lowest BCUT2D eigenvalue weighted by Gasteiger charge is -2.33. The molecule has 0 amide bonds. The van der Waals surface area contributed by atoms with E-state index in [2.05, 4.69) is 15.3 Å². The van der Waals surface area contributed by atoms with Crippen molar-refractivity contribution >= 4 is 11.9 Å². The number of esters is 1. The summed E-state index contributed by atoms with van der Waals surface area (Å²) < 4.78 is 46.8. The summed E-state index contributed by atoms with van der Waals surface area (Å²) in [7, 11) is 1.38. The van der Waals surface area contributed by atoms with Crippen molar-refractivity contribution in [1.29, 1.82) is 0 Å². The van der Waals surface area contributed by atoms with Crippen LogP contribution in [-0.2, 0) is 16.1 Å². The fourth-order valence-electron chi connectivity index (χ4n) is 2.90. The molecule has 1 aliphatic rings. The largest absolute Gasteiger partial charge is 0.469 e. The molecule has 0 radical (unpaired) electrons. The summed E-state index contributed by atoms with van der Waals surface area (Å²) in [5, 5.41) is 3.17. The number of halogens is 3. The fourth-order valence-corrected chi connectivity index (χ4v) is 2.90. The molecule has 1 fully saturated rings. The number of piperidine rings is 1. The van der Waals surface area contributed by atoms with Crippen LogP contribution >= 0.6 is 0 Å². The molecule has 1 N–H and O–H groups in total. The molecule has 10 heteroatoms. The number of pyridine rings is 1. The highest BCUT2D eigenvalue weighted by atomic mass is 19.4. The van der Waals surface area contributed by atoms with Crippen LogP contribution in [0.1, 0.15) is 25.3 Å². The van der Waals surface area contributed by atoms with Crippen LogP contribution in [0.2, 0.25) is 0 Å². The molecule has 0 aliphatic carbocycles. The monoisotopic (exact) mass is 402 g/mol. The molecule has 2 rings (SSSR count). The van der Waals surface area contributed by atoms with Crippen molar-refractivity contribution in [3.63, 3.8) is 0 Å². The summed E-state index contributed by atoms with van der Waals surface area (Å²) in [6.07, 6.45) is -1.74. The van der Waals surface area contributed by atoms with E-state index in [9.17, 15) is 18.0 Å². The average Bonchev–Trinajstić information content (AvgIpc) is 2.69. The second-order valence-electron chi connectivity index (χ2n) is 6.33. The van der Waals surface area contributed by atoms with E-state index < -0.39 is 12.8 Å². The van der Waals surface area contributed by atoms with E-state index >= 15 is 0 Å². The molecule has 156 valence electrons. The minimum absolute atomic E-state index is 0.0798. The van der Waals surface area contributed by atoms with Crippen molar-refractivity contribution in [2.45, 2.75) is 32.5 Å². The van der Waals surface area contributed by atoms with Crippen LogP contribution in [0.3, 0.4) is 0 Å². The van der Waals surface area contributed by atoms with Gasteiger partial charge in [-0.2, -0.15) is 13.2 Å². The third-order valence-electron chi connectivity index (χ3n) is 4.29. The topological polar surface area (TPSA) is 76.1 Å². The lowest BCUT2D eigenvalue weighted by Crippen LogP contribution is -2.46. The molecule has 2 heterocycles. The van der Waals surface area contributed by atoms with E-state index in [0.29, 0.717) is 44.0 Å². The Bertz CT molecular complexity index is 674. The number of rotatable bonds is 6. The number of carbonyl (C=O) groups is 1. The molecule has 1 aromatic rings. The number of hydrogen-bond donors (Lipinski definition) is 1. The number of aromatic nitrogens is 1. The van der Waals surface area contributed by atoms with Gasteiger partial charge in [0.1, 0.15) is 0 Å². The minimum atomic E-state index is -4.43. The van der Waals surface area contributed by atoms with Gasteiger partial charge in [0.2, 0.25) is 5.88 Å². The van der Waals surface area contributed by atoms with E-state index in [1.165, 1.54) is 13.3 Å². The lowest BCUT2D eigenvalue weighted by molar-refractivity contribution is -0.154. The van der Waals surface area contributed by atoms with Crippen molar-refractivity contribution in [3.8, 4) is 5.88 Å². The van der Waals surface area contributed by atoms with Crippen LogP contribution in [0.5, 0.6) is 5.88 Å². The van der Waals surface area contributed by atoms with E-state index in [1.54, 1.807) is 12.1 Å². The zero-order chi connectivity index (χ0) is 20.6. The van der Waals surface area contributed by atoms with E-state index in [-0.39, 0.29) is 24.3 Å². The third-order valence-corrected chi connectivity index (χ3v) is 4.29. The Hall–Kier alpha value is -2.52. The summed E-state index contributed by atoms with van der Waals surface area (Å²) in [6.45, 7) is 2.56. The summed E-state index contributed by atoms with van der Waals surface area (Å²) in [5.74, 6) is 0.230. The first kappa shape index (κ1) is 21.8. The quantitative estimate of drug-likeness (QED) is 0.447. The zero-order valence-electron chi connectivity index (χ0n) is 16.0. The Morgan fingerprint density at radius 1 is 1.39 bits per heavy atom.